The highest BCUT2D eigenvalue weighted by Crippen LogP contribution is 2.27. The number of nitrogens with one attached hydrogen (secondary N) is 1. The molecule has 4 nitrogen and oxygen atoms in total. The second kappa shape index (κ2) is 10.3. The third-order valence-corrected chi connectivity index (χ3v) is 3.39. The van der Waals surface area contributed by atoms with Gasteiger partial charge in [0.05, 0.1) is 0 Å². The molecule has 1 aromatic rings. The largest absolute Gasteiger partial charge is 0.483 e. The van der Waals surface area contributed by atoms with E-state index in [1.54, 1.807) is 0 Å². The number of hydrogen-bond acceptors (Lipinski definition) is 3. The first-order valence-corrected chi connectivity index (χ1v) is 8.48. The fourth-order valence-corrected chi connectivity index (χ4v) is 2.16. The van der Waals surface area contributed by atoms with Crippen molar-refractivity contribution in [3.8, 4) is 5.75 Å². The van der Waals surface area contributed by atoms with Crippen molar-refractivity contribution in [2.45, 2.75) is 47.0 Å². The monoisotopic (exact) mass is 321 g/mol. The summed E-state index contributed by atoms with van der Waals surface area (Å²) in [6, 6.07) is 6.13. The van der Waals surface area contributed by atoms with Crippen molar-refractivity contribution >= 4 is 5.91 Å². The molecule has 1 rings (SSSR count). The standard InChI is InChI=1S/C19H31NO3/c1-14(2)12-22-10-6-9-20-19(21)13-23-18-11-16(5)7-8-17(18)15(3)4/h7-8,11,14-15H,6,9-10,12-13H2,1-5H3,(H,20,21). The smallest absolute Gasteiger partial charge is 0.257 e. The van der Waals surface area contributed by atoms with Crippen LogP contribution in [-0.4, -0.2) is 32.3 Å². The van der Waals surface area contributed by atoms with Crippen LogP contribution < -0.4 is 10.1 Å². The van der Waals surface area contributed by atoms with Gasteiger partial charge in [0.15, 0.2) is 6.61 Å². The lowest BCUT2D eigenvalue weighted by Gasteiger charge is -2.15. The average molecular weight is 321 g/mol. The Morgan fingerprint density at radius 2 is 1.96 bits per heavy atom. The second-order valence-corrected chi connectivity index (χ2v) is 6.66. The van der Waals surface area contributed by atoms with Gasteiger partial charge < -0.3 is 14.8 Å². The number of carbonyl (C=O) groups is 1. The van der Waals surface area contributed by atoms with Crippen LogP contribution in [0.4, 0.5) is 0 Å². The molecular formula is C19H31NO3. The molecule has 23 heavy (non-hydrogen) atoms. The van der Waals surface area contributed by atoms with E-state index in [1.165, 1.54) is 0 Å². The third kappa shape index (κ3) is 8.03. The lowest BCUT2D eigenvalue weighted by Crippen LogP contribution is -2.30. The van der Waals surface area contributed by atoms with Crippen LogP contribution in [0, 0.1) is 12.8 Å². The summed E-state index contributed by atoms with van der Waals surface area (Å²) in [6.07, 6.45) is 0.820. The molecule has 0 saturated heterocycles. The summed E-state index contributed by atoms with van der Waals surface area (Å²) in [5.41, 5.74) is 2.26. The molecule has 1 amide bonds. The number of aryl methyl sites for hydroxylation is 1. The minimum absolute atomic E-state index is 0.0516. The number of carbonyl (C=O) groups excluding carboxylic acids is 1. The molecule has 0 spiro atoms. The Bertz CT molecular complexity index is 484. The lowest BCUT2D eigenvalue weighted by molar-refractivity contribution is -0.123. The quantitative estimate of drug-likeness (QED) is 0.669. The first-order chi connectivity index (χ1) is 10.9. The van der Waals surface area contributed by atoms with Gasteiger partial charge in [0, 0.05) is 19.8 Å². The second-order valence-electron chi connectivity index (χ2n) is 6.66. The van der Waals surface area contributed by atoms with E-state index < -0.39 is 0 Å². The van der Waals surface area contributed by atoms with Crippen molar-refractivity contribution in [2.75, 3.05) is 26.4 Å². The summed E-state index contributed by atoms with van der Waals surface area (Å²) in [6.45, 7) is 12.6. The van der Waals surface area contributed by atoms with Gasteiger partial charge in [0.2, 0.25) is 0 Å². The molecule has 0 radical (unpaired) electrons. The minimum Gasteiger partial charge on any atom is -0.483 e. The first kappa shape index (κ1) is 19.5. The highest BCUT2D eigenvalue weighted by Gasteiger charge is 2.10. The van der Waals surface area contributed by atoms with E-state index in [0.29, 0.717) is 25.0 Å². The molecule has 0 bridgehead atoms. The summed E-state index contributed by atoms with van der Waals surface area (Å²) in [5, 5.41) is 2.86. The van der Waals surface area contributed by atoms with E-state index in [1.807, 2.05) is 13.0 Å². The first-order valence-electron chi connectivity index (χ1n) is 8.48. The molecule has 1 aromatic carbocycles. The molecule has 0 aliphatic heterocycles. The third-order valence-electron chi connectivity index (χ3n) is 3.39. The zero-order valence-corrected chi connectivity index (χ0v) is 15.1. The van der Waals surface area contributed by atoms with Gasteiger partial charge in [0.25, 0.3) is 5.91 Å². The van der Waals surface area contributed by atoms with Gasteiger partial charge in [-0.2, -0.15) is 0 Å². The van der Waals surface area contributed by atoms with Crippen LogP contribution in [0.15, 0.2) is 18.2 Å². The van der Waals surface area contributed by atoms with Crippen molar-refractivity contribution in [3.05, 3.63) is 29.3 Å². The van der Waals surface area contributed by atoms with Gasteiger partial charge >= 0.3 is 0 Å². The highest BCUT2D eigenvalue weighted by atomic mass is 16.5. The van der Waals surface area contributed by atoms with Crippen LogP contribution >= 0.6 is 0 Å². The topological polar surface area (TPSA) is 47.6 Å². The predicted octanol–water partition coefficient (Wildman–Crippen LogP) is 3.68. The fraction of sp³-hybridized carbons (Fsp3) is 0.632. The number of ether oxygens (including phenoxy) is 2. The van der Waals surface area contributed by atoms with Crippen LogP contribution in [0.5, 0.6) is 5.75 Å². The van der Waals surface area contributed by atoms with Crippen LogP contribution in [0.3, 0.4) is 0 Å². The molecular weight excluding hydrogens is 290 g/mol. The summed E-state index contributed by atoms with van der Waals surface area (Å²) >= 11 is 0. The summed E-state index contributed by atoms with van der Waals surface area (Å²) < 4.78 is 11.2. The Morgan fingerprint density at radius 3 is 2.61 bits per heavy atom. The summed E-state index contributed by atoms with van der Waals surface area (Å²) in [4.78, 5) is 11.8. The number of hydrogen-bond donors (Lipinski definition) is 1. The van der Waals surface area contributed by atoms with Crippen molar-refractivity contribution in [1.82, 2.24) is 5.32 Å². The maximum absolute atomic E-state index is 11.8. The predicted molar refractivity (Wildman–Crippen MR) is 94.0 cm³/mol. The van der Waals surface area contributed by atoms with E-state index in [4.69, 9.17) is 9.47 Å². The number of amides is 1. The van der Waals surface area contributed by atoms with E-state index in [9.17, 15) is 4.79 Å². The molecule has 4 heteroatoms. The Morgan fingerprint density at radius 1 is 1.22 bits per heavy atom. The maximum atomic E-state index is 11.8. The molecule has 0 saturated carbocycles. The molecule has 0 aliphatic carbocycles. The van der Waals surface area contributed by atoms with Crippen LogP contribution in [0.25, 0.3) is 0 Å². The van der Waals surface area contributed by atoms with Crippen LogP contribution in [-0.2, 0) is 9.53 Å². The number of benzene rings is 1. The van der Waals surface area contributed by atoms with Gasteiger partial charge in [-0.3, -0.25) is 4.79 Å². The molecule has 130 valence electrons. The zero-order chi connectivity index (χ0) is 17.2. The Hall–Kier alpha value is -1.55. The van der Waals surface area contributed by atoms with E-state index >= 15 is 0 Å². The fourth-order valence-electron chi connectivity index (χ4n) is 2.16. The SMILES string of the molecule is Cc1ccc(C(C)C)c(OCC(=O)NCCCOCC(C)C)c1. The van der Waals surface area contributed by atoms with Gasteiger partial charge in [-0.25, -0.2) is 0 Å². The molecule has 0 aromatic heterocycles. The molecule has 0 heterocycles. The normalized spacial score (nSPS) is 11.1. The van der Waals surface area contributed by atoms with Gasteiger partial charge in [-0.05, 0) is 42.4 Å². The van der Waals surface area contributed by atoms with Crippen LogP contribution in [0.1, 0.15) is 51.2 Å². The molecule has 0 atom stereocenters. The highest BCUT2D eigenvalue weighted by molar-refractivity contribution is 5.77. The van der Waals surface area contributed by atoms with Gasteiger partial charge in [-0.15, -0.1) is 0 Å². The zero-order valence-electron chi connectivity index (χ0n) is 15.1. The summed E-state index contributed by atoms with van der Waals surface area (Å²) in [5.74, 6) is 1.62. The van der Waals surface area contributed by atoms with E-state index in [2.05, 4.69) is 45.1 Å². The van der Waals surface area contributed by atoms with Crippen molar-refractivity contribution < 1.29 is 14.3 Å². The van der Waals surface area contributed by atoms with Gasteiger partial charge in [-0.1, -0.05) is 39.8 Å². The van der Waals surface area contributed by atoms with E-state index in [0.717, 1.165) is 29.9 Å². The van der Waals surface area contributed by atoms with Crippen molar-refractivity contribution in [2.24, 2.45) is 5.92 Å². The van der Waals surface area contributed by atoms with Gasteiger partial charge in [0.1, 0.15) is 5.75 Å². The minimum atomic E-state index is -0.0925. The molecule has 0 unspecified atom stereocenters. The van der Waals surface area contributed by atoms with Crippen molar-refractivity contribution in [3.63, 3.8) is 0 Å². The van der Waals surface area contributed by atoms with Crippen LogP contribution in [0.2, 0.25) is 0 Å². The average Bonchev–Trinajstić information content (AvgIpc) is 2.48. The Kier molecular flexibility index (Phi) is 8.70. The summed E-state index contributed by atoms with van der Waals surface area (Å²) in [7, 11) is 0. The Labute approximate surface area is 140 Å². The molecule has 0 fully saturated rings. The van der Waals surface area contributed by atoms with Crippen molar-refractivity contribution in [1.29, 1.82) is 0 Å². The maximum Gasteiger partial charge on any atom is 0.257 e. The molecule has 1 N–H and O–H groups in total. The van der Waals surface area contributed by atoms with E-state index in [-0.39, 0.29) is 12.5 Å². The Balaban J connectivity index is 2.30. The number of rotatable bonds is 10. The molecule has 0 aliphatic rings. The lowest BCUT2D eigenvalue weighted by atomic mass is 10.0.